The minimum absolute atomic E-state index is 0.0617. The van der Waals surface area contributed by atoms with Gasteiger partial charge in [-0.25, -0.2) is 4.39 Å². The van der Waals surface area contributed by atoms with Crippen molar-refractivity contribution in [3.8, 4) is 0 Å². The lowest BCUT2D eigenvalue weighted by atomic mass is 9.97. The zero-order valence-electron chi connectivity index (χ0n) is 10.9. The highest BCUT2D eigenvalue weighted by atomic mass is 32.2. The smallest absolute Gasteiger partial charge is 0.230 e. The zero-order chi connectivity index (χ0) is 13.9. The fourth-order valence-corrected chi connectivity index (χ4v) is 2.79. The molecule has 1 amide bonds. The normalized spacial score (nSPS) is 17.8. The Morgan fingerprint density at radius 2 is 2.21 bits per heavy atom. The molecule has 1 atom stereocenters. The van der Waals surface area contributed by atoms with Crippen LogP contribution in [0.2, 0.25) is 0 Å². The van der Waals surface area contributed by atoms with E-state index in [9.17, 15) is 14.3 Å². The number of amides is 1. The maximum Gasteiger partial charge on any atom is 0.230 e. The van der Waals surface area contributed by atoms with Crippen LogP contribution in [0.15, 0.2) is 29.2 Å². The molecular weight excluding hydrogens is 265 g/mol. The molecule has 0 aromatic heterocycles. The highest BCUT2D eigenvalue weighted by Crippen LogP contribution is 2.39. The summed E-state index contributed by atoms with van der Waals surface area (Å²) < 4.78 is 13.4. The Morgan fingerprint density at radius 3 is 2.79 bits per heavy atom. The van der Waals surface area contributed by atoms with Crippen LogP contribution in [-0.4, -0.2) is 28.9 Å². The molecule has 1 aliphatic rings. The first-order valence-electron chi connectivity index (χ1n) is 6.34. The first-order valence-corrected chi connectivity index (χ1v) is 7.33. The monoisotopic (exact) mass is 283 g/mol. The van der Waals surface area contributed by atoms with Crippen LogP contribution in [0.4, 0.5) is 4.39 Å². The number of aliphatic hydroxyl groups is 1. The summed E-state index contributed by atoms with van der Waals surface area (Å²) in [5.74, 6) is 0.0347. The van der Waals surface area contributed by atoms with Gasteiger partial charge in [-0.05, 0) is 37.8 Å². The van der Waals surface area contributed by atoms with Crippen molar-refractivity contribution >= 4 is 17.7 Å². The molecule has 1 saturated carbocycles. The highest BCUT2D eigenvalue weighted by molar-refractivity contribution is 8.00. The van der Waals surface area contributed by atoms with Gasteiger partial charge in [0, 0.05) is 4.90 Å². The number of carbonyl (C=O) groups excluding carboxylic acids is 1. The predicted molar refractivity (Wildman–Crippen MR) is 73.5 cm³/mol. The van der Waals surface area contributed by atoms with Crippen molar-refractivity contribution in [3.63, 3.8) is 0 Å². The van der Waals surface area contributed by atoms with Crippen molar-refractivity contribution in [2.75, 3.05) is 12.4 Å². The molecule has 19 heavy (non-hydrogen) atoms. The summed E-state index contributed by atoms with van der Waals surface area (Å²) in [7, 11) is 0. The van der Waals surface area contributed by atoms with Gasteiger partial charge in [-0.2, -0.15) is 0 Å². The van der Waals surface area contributed by atoms with E-state index < -0.39 is 5.54 Å². The van der Waals surface area contributed by atoms with Crippen LogP contribution >= 0.6 is 11.8 Å². The lowest BCUT2D eigenvalue weighted by molar-refractivity contribution is -0.121. The molecule has 0 aliphatic heterocycles. The van der Waals surface area contributed by atoms with Gasteiger partial charge in [0.1, 0.15) is 5.82 Å². The van der Waals surface area contributed by atoms with Crippen molar-refractivity contribution in [3.05, 3.63) is 30.1 Å². The Morgan fingerprint density at radius 1 is 1.53 bits per heavy atom. The summed E-state index contributed by atoms with van der Waals surface area (Å²) in [6.45, 7) is 1.80. The van der Waals surface area contributed by atoms with Crippen molar-refractivity contribution < 1.29 is 14.3 Å². The fraction of sp³-hybridized carbons (Fsp3) is 0.500. The number of aliphatic hydroxyl groups excluding tert-OH is 1. The fourth-order valence-electron chi connectivity index (χ4n) is 2.05. The SMILES string of the molecule is CC(CO)(NC(=O)CSc1ccccc1F)C1CC1. The minimum Gasteiger partial charge on any atom is -0.394 e. The third-order valence-corrected chi connectivity index (χ3v) is 4.48. The van der Waals surface area contributed by atoms with Gasteiger partial charge in [0.15, 0.2) is 0 Å². The van der Waals surface area contributed by atoms with Gasteiger partial charge >= 0.3 is 0 Å². The van der Waals surface area contributed by atoms with Crippen LogP contribution in [0, 0.1) is 11.7 Å². The van der Waals surface area contributed by atoms with E-state index in [1.54, 1.807) is 18.2 Å². The molecule has 0 saturated heterocycles. The second-order valence-electron chi connectivity index (χ2n) is 5.12. The highest BCUT2D eigenvalue weighted by Gasteiger charge is 2.42. The number of rotatable bonds is 6. The first-order chi connectivity index (χ1) is 9.05. The second-order valence-corrected chi connectivity index (χ2v) is 6.13. The van der Waals surface area contributed by atoms with E-state index in [4.69, 9.17) is 0 Å². The van der Waals surface area contributed by atoms with Crippen molar-refractivity contribution in [2.24, 2.45) is 5.92 Å². The summed E-state index contributed by atoms with van der Waals surface area (Å²) >= 11 is 1.17. The van der Waals surface area contributed by atoms with Gasteiger partial charge in [-0.15, -0.1) is 11.8 Å². The second kappa shape index (κ2) is 5.92. The third-order valence-electron chi connectivity index (χ3n) is 3.43. The van der Waals surface area contributed by atoms with Gasteiger partial charge in [0.05, 0.1) is 17.9 Å². The molecule has 0 heterocycles. The van der Waals surface area contributed by atoms with E-state index in [1.807, 2.05) is 6.92 Å². The number of halogens is 1. The van der Waals surface area contributed by atoms with Gasteiger partial charge < -0.3 is 10.4 Å². The number of nitrogens with one attached hydrogen (secondary N) is 1. The Hall–Kier alpha value is -1.07. The van der Waals surface area contributed by atoms with Crippen LogP contribution in [-0.2, 0) is 4.79 Å². The van der Waals surface area contributed by atoms with E-state index >= 15 is 0 Å². The molecule has 1 aromatic rings. The lowest BCUT2D eigenvalue weighted by Crippen LogP contribution is -2.51. The summed E-state index contributed by atoms with van der Waals surface area (Å²) in [6.07, 6.45) is 2.08. The zero-order valence-corrected chi connectivity index (χ0v) is 11.7. The standard InChI is InChI=1S/C14H18FNO2S/c1-14(9-17,10-6-7-10)16-13(18)8-19-12-5-3-2-4-11(12)15/h2-5,10,17H,6-9H2,1H3,(H,16,18). The third kappa shape index (κ3) is 3.70. The van der Waals surface area contributed by atoms with Crippen LogP contribution < -0.4 is 5.32 Å². The molecule has 2 rings (SSSR count). The summed E-state index contributed by atoms with van der Waals surface area (Å²) in [5.41, 5.74) is -0.535. The maximum absolute atomic E-state index is 13.4. The van der Waals surface area contributed by atoms with Crippen molar-refractivity contribution in [1.29, 1.82) is 0 Å². The molecule has 3 nitrogen and oxygen atoms in total. The molecule has 2 N–H and O–H groups in total. The Balaban J connectivity index is 1.86. The Labute approximate surface area is 116 Å². The Bertz CT molecular complexity index is 465. The van der Waals surface area contributed by atoms with E-state index in [1.165, 1.54) is 17.8 Å². The van der Waals surface area contributed by atoms with Gasteiger partial charge in [-0.1, -0.05) is 12.1 Å². The molecular formula is C14H18FNO2S. The molecule has 1 aliphatic carbocycles. The van der Waals surface area contributed by atoms with E-state index in [2.05, 4.69) is 5.32 Å². The van der Waals surface area contributed by atoms with Gasteiger partial charge in [0.2, 0.25) is 5.91 Å². The van der Waals surface area contributed by atoms with Crippen LogP contribution in [0.25, 0.3) is 0 Å². The predicted octanol–water partition coefficient (Wildman–Crippen LogP) is 2.20. The maximum atomic E-state index is 13.4. The average Bonchev–Trinajstić information content (AvgIpc) is 3.22. The number of hydrogen-bond acceptors (Lipinski definition) is 3. The molecule has 1 fully saturated rings. The van der Waals surface area contributed by atoms with Crippen LogP contribution in [0.3, 0.4) is 0 Å². The average molecular weight is 283 g/mol. The van der Waals surface area contributed by atoms with Crippen molar-refractivity contribution in [2.45, 2.75) is 30.2 Å². The summed E-state index contributed by atoms with van der Waals surface area (Å²) in [6, 6.07) is 6.39. The lowest BCUT2D eigenvalue weighted by Gasteiger charge is -2.28. The number of benzene rings is 1. The van der Waals surface area contributed by atoms with Crippen LogP contribution in [0.1, 0.15) is 19.8 Å². The molecule has 5 heteroatoms. The van der Waals surface area contributed by atoms with Gasteiger partial charge in [-0.3, -0.25) is 4.79 Å². The minimum atomic E-state index is -0.535. The number of thioether (sulfide) groups is 1. The quantitative estimate of drug-likeness (QED) is 0.787. The van der Waals surface area contributed by atoms with Gasteiger partial charge in [0.25, 0.3) is 0 Å². The topological polar surface area (TPSA) is 49.3 Å². The largest absolute Gasteiger partial charge is 0.394 e. The van der Waals surface area contributed by atoms with E-state index in [-0.39, 0.29) is 24.1 Å². The molecule has 0 spiro atoms. The first kappa shape index (κ1) is 14.3. The van der Waals surface area contributed by atoms with E-state index in [0.717, 1.165) is 12.8 Å². The van der Waals surface area contributed by atoms with Crippen molar-refractivity contribution in [1.82, 2.24) is 5.32 Å². The molecule has 0 radical (unpaired) electrons. The molecule has 1 unspecified atom stereocenters. The molecule has 0 bridgehead atoms. The summed E-state index contributed by atoms with van der Waals surface area (Å²) in [5, 5.41) is 12.3. The molecule has 1 aromatic carbocycles. The van der Waals surface area contributed by atoms with Crippen LogP contribution in [0.5, 0.6) is 0 Å². The number of carbonyl (C=O) groups is 1. The number of hydrogen-bond donors (Lipinski definition) is 2. The Kier molecular flexibility index (Phi) is 4.47. The molecule has 104 valence electrons. The van der Waals surface area contributed by atoms with E-state index in [0.29, 0.717) is 10.8 Å². The summed E-state index contributed by atoms with van der Waals surface area (Å²) in [4.78, 5) is 12.3.